The summed E-state index contributed by atoms with van der Waals surface area (Å²) in [4.78, 5) is 4.41. The molecule has 1 unspecified atom stereocenters. The third-order valence-corrected chi connectivity index (χ3v) is 5.80. The Hall–Kier alpha value is -1.06. The highest BCUT2D eigenvalue weighted by Crippen LogP contribution is 2.46. The quantitative estimate of drug-likeness (QED) is 0.202. The summed E-state index contributed by atoms with van der Waals surface area (Å²) in [5.74, 6) is 1.82. The summed E-state index contributed by atoms with van der Waals surface area (Å²) in [6, 6.07) is 8.59. The van der Waals surface area contributed by atoms with Gasteiger partial charge in [0.15, 0.2) is 5.96 Å². The van der Waals surface area contributed by atoms with Crippen LogP contribution < -0.4 is 15.4 Å². The van der Waals surface area contributed by atoms with Gasteiger partial charge < -0.3 is 24.8 Å². The first-order valence-electron chi connectivity index (χ1n) is 11.2. The van der Waals surface area contributed by atoms with Crippen molar-refractivity contribution < 1.29 is 14.2 Å². The number of nitrogens with zero attached hydrogens (tertiary/aromatic N) is 1. The number of halogens is 1. The predicted octanol–water partition coefficient (Wildman–Crippen LogP) is 4.44. The number of ether oxygens (including phenoxy) is 3. The maximum atomic E-state index is 6.45. The smallest absolute Gasteiger partial charge is 0.191 e. The first-order valence-corrected chi connectivity index (χ1v) is 11.2. The van der Waals surface area contributed by atoms with E-state index in [1.165, 1.54) is 18.4 Å². The summed E-state index contributed by atoms with van der Waals surface area (Å²) in [5.41, 5.74) is 1.19. The van der Waals surface area contributed by atoms with Gasteiger partial charge in [-0.1, -0.05) is 31.5 Å². The van der Waals surface area contributed by atoms with Crippen molar-refractivity contribution in [2.24, 2.45) is 4.99 Å². The second-order valence-electron chi connectivity index (χ2n) is 8.01. The van der Waals surface area contributed by atoms with Gasteiger partial charge in [-0.2, -0.15) is 0 Å². The lowest BCUT2D eigenvalue weighted by molar-refractivity contribution is 0.0394. The van der Waals surface area contributed by atoms with Crippen LogP contribution in [0.4, 0.5) is 0 Å². The number of fused-ring (bicyclic) bond motifs is 1. The average Bonchev–Trinajstić information content (AvgIpc) is 3.18. The van der Waals surface area contributed by atoms with Crippen LogP contribution in [0.15, 0.2) is 29.3 Å². The Kier molecular flexibility index (Phi) is 11.2. The molecule has 0 aromatic heterocycles. The molecule has 1 aromatic carbocycles. The van der Waals surface area contributed by atoms with E-state index >= 15 is 0 Å². The highest BCUT2D eigenvalue weighted by atomic mass is 127. The Labute approximate surface area is 198 Å². The van der Waals surface area contributed by atoms with Crippen molar-refractivity contribution >= 4 is 29.9 Å². The molecule has 0 saturated heterocycles. The molecule has 30 heavy (non-hydrogen) atoms. The summed E-state index contributed by atoms with van der Waals surface area (Å²) in [6.45, 7) is 5.62. The van der Waals surface area contributed by atoms with Gasteiger partial charge in [-0.15, -0.1) is 24.0 Å². The molecule has 2 N–H and O–H groups in total. The van der Waals surface area contributed by atoms with Gasteiger partial charge in [0.05, 0.1) is 25.9 Å². The Balaban J connectivity index is 0.00000320. The van der Waals surface area contributed by atoms with Crippen LogP contribution in [0.1, 0.15) is 63.5 Å². The van der Waals surface area contributed by atoms with Crippen LogP contribution in [0.25, 0.3) is 0 Å². The van der Waals surface area contributed by atoms with Gasteiger partial charge in [-0.3, -0.25) is 4.99 Å². The minimum Gasteiger partial charge on any atom is -0.487 e. The van der Waals surface area contributed by atoms with Crippen molar-refractivity contribution in [3.8, 4) is 5.75 Å². The topological polar surface area (TPSA) is 64.1 Å². The van der Waals surface area contributed by atoms with Gasteiger partial charge in [0.2, 0.25) is 0 Å². The molecule has 1 atom stereocenters. The van der Waals surface area contributed by atoms with Gasteiger partial charge >= 0.3 is 0 Å². The van der Waals surface area contributed by atoms with E-state index in [4.69, 9.17) is 14.2 Å². The van der Waals surface area contributed by atoms with Crippen molar-refractivity contribution in [3.05, 3.63) is 29.8 Å². The number of nitrogens with one attached hydrogen (secondary N) is 2. The Morgan fingerprint density at radius 2 is 1.87 bits per heavy atom. The number of guanidine groups is 1. The zero-order valence-corrected chi connectivity index (χ0v) is 20.8. The molecule has 1 fully saturated rings. The molecule has 1 heterocycles. The SMILES string of the molecule is CCCCOCCOCCNC(=NC)NC1CC2(CCCC2)Oc2ccccc21.I. The maximum absolute atomic E-state index is 6.45. The maximum Gasteiger partial charge on any atom is 0.191 e. The molecular weight excluding hydrogens is 493 g/mol. The fourth-order valence-electron chi connectivity index (χ4n) is 4.24. The molecule has 7 heteroatoms. The Morgan fingerprint density at radius 1 is 1.13 bits per heavy atom. The van der Waals surface area contributed by atoms with Crippen LogP contribution in [0.3, 0.4) is 0 Å². The van der Waals surface area contributed by atoms with E-state index in [-0.39, 0.29) is 35.6 Å². The van der Waals surface area contributed by atoms with Crippen molar-refractivity contribution in [1.29, 1.82) is 0 Å². The van der Waals surface area contributed by atoms with Gasteiger partial charge in [0, 0.05) is 32.2 Å². The van der Waals surface area contributed by atoms with Crippen LogP contribution in [-0.2, 0) is 9.47 Å². The van der Waals surface area contributed by atoms with Crippen LogP contribution in [0.2, 0.25) is 0 Å². The minimum absolute atomic E-state index is 0. The normalized spacial score (nSPS) is 19.7. The van der Waals surface area contributed by atoms with E-state index in [2.05, 4.69) is 46.8 Å². The number of hydrogen-bond acceptors (Lipinski definition) is 4. The van der Waals surface area contributed by atoms with E-state index in [0.29, 0.717) is 26.4 Å². The van der Waals surface area contributed by atoms with Crippen LogP contribution in [0.5, 0.6) is 5.75 Å². The van der Waals surface area contributed by atoms with Crippen molar-refractivity contribution in [2.45, 2.75) is 63.5 Å². The van der Waals surface area contributed by atoms with Crippen LogP contribution >= 0.6 is 24.0 Å². The number of rotatable bonds is 10. The zero-order valence-electron chi connectivity index (χ0n) is 18.5. The van der Waals surface area contributed by atoms with E-state index < -0.39 is 0 Å². The minimum atomic E-state index is -0.0221. The molecule has 170 valence electrons. The molecule has 1 spiro atoms. The monoisotopic (exact) mass is 531 g/mol. The van der Waals surface area contributed by atoms with Gasteiger partial charge in [-0.25, -0.2) is 0 Å². The van der Waals surface area contributed by atoms with E-state index in [0.717, 1.165) is 50.4 Å². The molecule has 6 nitrogen and oxygen atoms in total. The van der Waals surface area contributed by atoms with E-state index in [9.17, 15) is 0 Å². The average molecular weight is 531 g/mol. The second kappa shape index (κ2) is 13.4. The largest absolute Gasteiger partial charge is 0.487 e. The number of para-hydroxylation sites is 1. The fourth-order valence-corrected chi connectivity index (χ4v) is 4.24. The first-order chi connectivity index (χ1) is 14.3. The zero-order chi connectivity index (χ0) is 20.4. The lowest BCUT2D eigenvalue weighted by atomic mass is 9.86. The van der Waals surface area contributed by atoms with Crippen molar-refractivity contribution in [1.82, 2.24) is 10.6 Å². The summed E-state index contributed by atoms with van der Waals surface area (Å²) < 4.78 is 17.6. The summed E-state index contributed by atoms with van der Waals surface area (Å²) in [7, 11) is 1.81. The molecule has 1 aliphatic carbocycles. The molecule has 0 radical (unpaired) electrons. The van der Waals surface area contributed by atoms with Gasteiger partial charge in [0.25, 0.3) is 0 Å². The second-order valence-corrected chi connectivity index (χ2v) is 8.01. The third kappa shape index (κ3) is 7.27. The fraction of sp³-hybridized carbons (Fsp3) is 0.696. The Morgan fingerprint density at radius 3 is 2.60 bits per heavy atom. The predicted molar refractivity (Wildman–Crippen MR) is 132 cm³/mol. The third-order valence-electron chi connectivity index (χ3n) is 5.80. The lowest BCUT2D eigenvalue weighted by Crippen LogP contribution is -2.47. The number of benzene rings is 1. The number of unbranched alkanes of at least 4 members (excludes halogenated alkanes) is 1. The van der Waals surface area contributed by atoms with Crippen LogP contribution in [-0.4, -0.2) is 51.6 Å². The van der Waals surface area contributed by atoms with E-state index in [1.807, 2.05) is 7.05 Å². The van der Waals surface area contributed by atoms with Gasteiger partial charge in [-0.05, 0) is 38.2 Å². The van der Waals surface area contributed by atoms with E-state index in [1.54, 1.807) is 0 Å². The van der Waals surface area contributed by atoms with Crippen molar-refractivity contribution in [2.75, 3.05) is 40.0 Å². The summed E-state index contributed by atoms with van der Waals surface area (Å²) >= 11 is 0. The van der Waals surface area contributed by atoms with Gasteiger partial charge in [0.1, 0.15) is 11.4 Å². The molecule has 1 aliphatic heterocycles. The molecule has 3 rings (SSSR count). The molecule has 1 saturated carbocycles. The first kappa shape index (κ1) is 25.2. The Bertz CT molecular complexity index is 650. The number of hydrogen-bond donors (Lipinski definition) is 2. The highest BCUT2D eigenvalue weighted by molar-refractivity contribution is 14.0. The molecular formula is C23H38IN3O3. The summed E-state index contributed by atoms with van der Waals surface area (Å²) in [6.07, 6.45) is 8.04. The van der Waals surface area contributed by atoms with Crippen molar-refractivity contribution in [3.63, 3.8) is 0 Å². The van der Waals surface area contributed by atoms with Crippen LogP contribution in [0, 0.1) is 0 Å². The molecule has 0 bridgehead atoms. The molecule has 0 amide bonds. The highest BCUT2D eigenvalue weighted by Gasteiger charge is 2.43. The molecule has 2 aliphatic rings. The number of aliphatic imine (C=N–C) groups is 1. The summed E-state index contributed by atoms with van der Waals surface area (Å²) in [5, 5.41) is 6.99. The standard InChI is InChI=1S/C23H37N3O3.HI/c1-3-4-14-27-16-17-28-15-13-25-22(24-2)26-20-18-23(11-7-8-12-23)29-21-10-6-5-9-19(20)21;/h5-6,9-10,20H,3-4,7-8,11-18H2,1-2H3,(H2,24,25,26);1H. The lowest BCUT2D eigenvalue weighted by Gasteiger charge is -2.40. The molecule has 1 aromatic rings.